The van der Waals surface area contributed by atoms with Crippen LogP contribution in [0.25, 0.3) is 16.9 Å². The molecule has 0 unspecified atom stereocenters. The van der Waals surface area contributed by atoms with Crippen LogP contribution in [-0.4, -0.2) is 29.5 Å². The van der Waals surface area contributed by atoms with E-state index in [2.05, 4.69) is 30.2 Å². The minimum atomic E-state index is -4.71. The van der Waals surface area contributed by atoms with Crippen LogP contribution in [0.4, 0.5) is 23.4 Å². The van der Waals surface area contributed by atoms with Gasteiger partial charge in [0.15, 0.2) is 11.5 Å². The fourth-order valence-electron chi connectivity index (χ4n) is 2.55. The molecule has 11 heteroatoms. The average Bonchev–Trinajstić information content (AvgIpc) is 3.30. The summed E-state index contributed by atoms with van der Waals surface area (Å²) in [6.07, 6.45) is 1.11. The Morgan fingerprint density at radius 3 is 2.74 bits per heavy atom. The first-order chi connectivity index (χ1) is 12.9. The van der Waals surface area contributed by atoms with E-state index in [-0.39, 0.29) is 23.5 Å². The van der Waals surface area contributed by atoms with Crippen LogP contribution in [-0.2, 0) is 12.7 Å². The lowest BCUT2D eigenvalue weighted by Crippen LogP contribution is -2.13. The van der Waals surface area contributed by atoms with Crippen molar-refractivity contribution in [2.24, 2.45) is 0 Å². The minimum absolute atomic E-state index is 0.0591. The Kier molecular flexibility index (Phi) is 3.98. The summed E-state index contributed by atoms with van der Waals surface area (Å²) in [5, 5.41) is 2.78. The first-order valence-corrected chi connectivity index (χ1v) is 7.71. The number of halogens is 4. The van der Waals surface area contributed by atoms with Crippen LogP contribution in [0, 0.1) is 5.82 Å². The molecule has 0 aliphatic heterocycles. The molecule has 0 radical (unpaired) electrons. The van der Waals surface area contributed by atoms with Gasteiger partial charge in [-0.1, -0.05) is 6.07 Å². The van der Waals surface area contributed by atoms with Gasteiger partial charge in [-0.05, 0) is 17.7 Å². The van der Waals surface area contributed by atoms with E-state index in [1.165, 1.54) is 29.5 Å². The van der Waals surface area contributed by atoms with Gasteiger partial charge in [0.05, 0.1) is 18.3 Å². The molecule has 0 amide bonds. The molecular formula is C16H11F4N7. The van der Waals surface area contributed by atoms with Crippen molar-refractivity contribution in [1.29, 1.82) is 0 Å². The summed E-state index contributed by atoms with van der Waals surface area (Å²) in [6.45, 7) is 0.0591. The third-order valence-corrected chi connectivity index (χ3v) is 3.79. The fourth-order valence-corrected chi connectivity index (χ4v) is 2.55. The number of aromatic amines is 1. The van der Waals surface area contributed by atoms with Gasteiger partial charge in [0, 0.05) is 18.9 Å². The maximum absolute atomic E-state index is 14.3. The zero-order chi connectivity index (χ0) is 19.0. The van der Waals surface area contributed by atoms with Crippen molar-refractivity contribution in [1.82, 2.24) is 29.5 Å². The number of aromatic nitrogens is 6. The van der Waals surface area contributed by atoms with Gasteiger partial charge < -0.3 is 14.9 Å². The number of hydrogen-bond donors (Lipinski definition) is 2. The molecule has 1 aromatic carbocycles. The SMILES string of the molecule is Fc1cc(CNc2nc(C(F)(F)F)nc3nc[nH]c23)ccc1-n1ccnc1. The van der Waals surface area contributed by atoms with Crippen molar-refractivity contribution in [3.63, 3.8) is 0 Å². The van der Waals surface area contributed by atoms with E-state index >= 15 is 0 Å². The third-order valence-electron chi connectivity index (χ3n) is 3.79. The number of rotatable bonds is 4. The van der Waals surface area contributed by atoms with Gasteiger partial charge in [-0.2, -0.15) is 13.2 Å². The first-order valence-electron chi connectivity index (χ1n) is 7.71. The van der Waals surface area contributed by atoms with Crippen molar-refractivity contribution >= 4 is 17.0 Å². The number of fused-ring (bicyclic) bond motifs is 1. The molecule has 4 rings (SSSR count). The van der Waals surface area contributed by atoms with Crippen molar-refractivity contribution in [2.45, 2.75) is 12.7 Å². The summed E-state index contributed by atoms with van der Waals surface area (Å²) in [5.41, 5.74) is 0.963. The number of alkyl halides is 3. The van der Waals surface area contributed by atoms with Gasteiger partial charge in [-0.3, -0.25) is 0 Å². The van der Waals surface area contributed by atoms with Crippen LogP contribution in [0.15, 0.2) is 43.2 Å². The maximum atomic E-state index is 14.3. The summed E-state index contributed by atoms with van der Waals surface area (Å²) in [6, 6.07) is 4.50. The highest BCUT2D eigenvalue weighted by molar-refractivity contribution is 5.82. The van der Waals surface area contributed by atoms with E-state index < -0.39 is 17.8 Å². The number of anilines is 1. The summed E-state index contributed by atoms with van der Waals surface area (Å²) >= 11 is 0. The van der Waals surface area contributed by atoms with Gasteiger partial charge in [0.2, 0.25) is 5.82 Å². The van der Waals surface area contributed by atoms with Crippen LogP contribution >= 0.6 is 0 Å². The number of nitrogens with one attached hydrogen (secondary N) is 2. The zero-order valence-corrected chi connectivity index (χ0v) is 13.5. The second-order valence-electron chi connectivity index (χ2n) is 5.60. The average molecular weight is 377 g/mol. The Hall–Kier alpha value is -3.50. The normalized spacial score (nSPS) is 11.9. The van der Waals surface area contributed by atoms with E-state index in [0.717, 1.165) is 0 Å². The Balaban J connectivity index is 1.60. The van der Waals surface area contributed by atoms with Crippen molar-refractivity contribution < 1.29 is 17.6 Å². The van der Waals surface area contributed by atoms with Gasteiger partial charge >= 0.3 is 6.18 Å². The zero-order valence-electron chi connectivity index (χ0n) is 13.5. The quantitative estimate of drug-likeness (QED) is 0.533. The molecule has 0 spiro atoms. The van der Waals surface area contributed by atoms with Gasteiger partial charge in [-0.25, -0.2) is 24.3 Å². The number of imidazole rings is 2. The molecule has 7 nitrogen and oxygen atoms in total. The Bertz CT molecular complexity index is 1090. The van der Waals surface area contributed by atoms with E-state index in [1.807, 2.05) is 0 Å². The smallest absolute Gasteiger partial charge is 0.364 e. The van der Waals surface area contributed by atoms with Crippen molar-refractivity contribution in [3.05, 3.63) is 60.5 Å². The number of H-pyrrole nitrogens is 1. The van der Waals surface area contributed by atoms with Crippen molar-refractivity contribution in [2.75, 3.05) is 5.32 Å². The van der Waals surface area contributed by atoms with E-state index in [1.54, 1.807) is 18.3 Å². The van der Waals surface area contributed by atoms with E-state index in [9.17, 15) is 17.6 Å². The molecule has 0 saturated heterocycles. The lowest BCUT2D eigenvalue weighted by atomic mass is 10.2. The molecule has 0 atom stereocenters. The second kappa shape index (κ2) is 6.34. The summed E-state index contributed by atoms with van der Waals surface area (Å²) in [4.78, 5) is 17.2. The fraction of sp³-hybridized carbons (Fsp3) is 0.125. The Labute approximate surface area is 149 Å². The Morgan fingerprint density at radius 2 is 2.04 bits per heavy atom. The molecule has 4 aromatic rings. The molecule has 3 heterocycles. The molecule has 3 aromatic heterocycles. The molecule has 0 aliphatic carbocycles. The number of hydrogen-bond acceptors (Lipinski definition) is 5. The van der Waals surface area contributed by atoms with E-state index in [0.29, 0.717) is 11.3 Å². The summed E-state index contributed by atoms with van der Waals surface area (Å²) in [5.74, 6) is -1.85. The van der Waals surface area contributed by atoms with Gasteiger partial charge in [-0.15, -0.1) is 0 Å². The maximum Gasteiger partial charge on any atom is 0.451 e. The monoisotopic (exact) mass is 377 g/mol. The lowest BCUT2D eigenvalue weighted by molar-refractivity contribution is -0.144. The standard InChI is InChI=1S/C16H11F4N7/c17-10-5-9(1-2-11(10)27-4-3-21-8-27)6-22-13-12-14(24-7-23-12)26-15(25-13)16(18,19)20/h1-5,7-8H,6H2,(H2,22,23,24,25,26). The third kappa shape index (κ3) is 3.30. The Morgan fingerprint density at radius 1 is 1.19 bits per heavy atom. The van der Waals surface area contributed by atoms with Crippen LogP contribution < -0.4 is 5.32 Å². The van der Waals surface area contributed by atoms with Crippen LogP contribution in [0.1, 0.15) is 11.4 Å². The molecular weight excluding hydrogens is 366 g/mol. The largest absolute Gasteiger partial charge is 0.451 e. The number of benzene rings is 1. The molecule has 0 bridgehead atoms. The molecule has 0 saturated carbocycles. The highest BCUT2D eigenvalue weighted by Gasteiger charge is 2.36. The van der Waals surface area contributed by atoms with Gasteiger partial charge in [0.1, 0.15) is 11.3 Å². The number of nitrogens with zero attached hydrogens (tertiary/aromatic N) is 5. The van der Waals surface area contributed by atoms with Crippen LogP contribution in [0.2, 0.25) is 0 Å². The van der Waals surface area contributed by atoms with Crippen molar-refractivity contribution in [3.8, 4) is 5.69 Å². The van der Waals surface area contributed by atoms with Gasteiger partial charge in [0.25, 0.3) is 0 Å². The molecule has 27 heavy (non-hydrogen) atoms. The lowest BCUT2D eigenvalue weighted by Gasteiger charge is -2.11. The predicted octanol–water partition coefficient (Wildman–Crippen LogP) is 3.31. The minimum Gasteiger partial charge on any atom is -0.364 e. The first kappa shape index (κ1) is 16.9. The predicted molar refractivity (Wildman–Crippen MR) is 87.5 cm³/mol. The molecule has 2 N–H and O–H groups in total. The molecule has 138 valence electrons. The topological polar surface area (TPSA) is 84.3 Å². The summed E-state index contributed by atoms with van der Waals surface area (Å²) in [7, 11) is 0. The second-order valence-corrected chi connectivity index (χ2v) is 5.60. The summed E-state index contributed by atoms with van der Waals surface area (Å²) < 4.78 is 54.7. The van der Waals surface area contributed by atoms with Crippen LogP contribution in [0.3, 0.4) is 0 Å². The van der Waals surface area contributed by atoms with E-state index in [4.69, 9.17) is 0 Å². The molecule has 0 aliphatic rings. The molecule has 0 fully saturated rings. The highest BCUT2D eigenvalue weighted by Crippen LogP contribution is 2.29. The van der Waals surface area contributed by atoms with Crippen LogP contribution in [0.5, 0.6) is 0 Å². The highest BCUT2D eigenvalue weighted by atomic mass is 19.4.